The fourth-order valence-electron chi connectivity index (χ4n) is 0.424. The molecule has 0 aromatic heterocycles. The number of nitriles is 1. The summed E-state index contributed by atoms with van der Waals surface area (Å²) in [6.07, 6.45) is 0. The molecule has 2 atom stereocenters. The number of hydrogen-bond acceptors (Lipinski definition) is 3. The van der Waals surface area contributed by atoms with Crippen LogP contribution in [-0.4, -0.2) is 21.8 Å². The summed E-state index contributed by atoms with van der Waals surface area (Å²) in [5.41, 5.74) is 5.32. The second-order valence-electron chi connectivity index (χ2n) is 1.89. The molecule has 0 fully saturated rings. The molecule has 4 heteroatoms. The minimum Gasteiger partial charge on any atom is -0.327 e. The van der Waals surface area contributed by atoms with E-state index in [1.54, 1.807) is 6.92 Å². The summed E-state index contributed by atoms with van der Waals surface area (Å²) in [5, 5.41) is 8.07. The van der Waals surface area contributed by atoms with Crippen LogP contribution in [0.5, 0.6) is 0 Å². The van der Waals surface area contributed by atoms with Gasteiger partial charge in [0.05, 0.1) is 6.07 Å². The maximum absolute atomic E-state index is 10.7. The summed E-state index contributed by atoms with van der Waals surface area (Å²) in [6.45, 7) is 1.77. The summed E-state index contributed by atoms with van der Waals surface area (Å²) in [4.78, 5) is 0. The lowest BCUT2D eigenvalue weighted by molar-refractivity contribution is 0.679. The zero-order valence-electron chi connectivity index (χ0n) is 5.33. The molecule has 0 aliphatic heterocycles. The third-order valence-electron chi connectivity index (χ3n) is 0.674. The average molecular weight is 146 g/mol. The molecule has 0 amide bonds. The summed E-state index contributed by atoms with van der Waals surface area (Å²) in [7, 11) is -1.04. The van der Waals surface area contributed by atoms with E-state index in [1.165, 1.54) is 0 Å². The molecule has 0 saturated carbocycles. The summed E-state index contributed by atoms with van der Waals surface area (Å²) >= 11 is 0. The average Bonchev–Trinajstić information content (AvgIpc) is 1.63. The molecule has 0 aliphatic carbocycles. The van der Waals surface area contributed by atoms with Crippen molar-refractivity contribution in [1.29, 1.82) is 5.26 Å². The van der Waals surface area contributed by atoms with Gasteiger partial charge in [0.2, 0.25) is 0 Å². The zero-order chi connectivity index (χ0) is 7.28. The van der Waals surface area contributed by atoms with Crippen LogP contribution < -0.4 is 5.73 Å². The Balaban J connectivity index is 3.42. The van der Waals surface area contributed by atoms with Crippen LogP contribution in [0.15, 0.2) is 0 Å². The highest BCUT2D eigenvalue weighted by molar-refractivity contribution is 7.85. The van der Waals surface area contributed by atoms with Crippen LogP contribution in [0.3, 0.4) is 0 Å². The largest absolute Gasteiger partial charge is 0.327 e. The van der Waals surface area contributed by atoms with Crippen molar-refractivity contribution < 1.29 is 4.21 Å². The highest BCUT2D eigenvalue weighted by Crippen LogP contribution is 1.83. The minimum absolute atomic E-state index is 0.0702. The van der Waals surface area contributed by atoms with Gasteiger partial charge in [0.25, 0.3) is 0 Å². The first-order valence-corrected chi connectivity index (χ1v) is 4.13. The Labute approximate surface area is 57.3 Å². The smallest absolute Gasteiger partial charge is 0.111 e. The number of nitrogens with zero attached hydrogens (tertiary/aromatic N) is 1. The van der Waals surface area contributed by atoms with Crippen LogP contribution in [0.4, 0.5) is 0 Å². The van der Waals surface area contributed by atoms with Gasteiger partial charge in [-0.3, -0.25) is 4.21 Å². The van der Waals surface area contributed by atoms with Crippen molar-refractivity contribution in [3.05, 3.63) is 0 Å². The Morgan fingerprint density at radius 1 is 1.89 bits per heavy atom. The number of hydrogen-bond donors (Lipinski definition) is 1. The summed E-state index contributed by atoms with van der Waals surface area (Å²) in [6, 6.07) is 1.75. The van der Waals surface area contributed by atoms with Crippen molar-refractivity contribution >= 4 is 10.8 Å². The second-order valence-corrected chi connectivity index (χ2v) is 3.39. The first-order valence-electron chi connectivity index (χ1n) is 2.64. The molecular formula is C5H10N2OS. The van der Waals surface area contributed by atoms with Crippen molar-refractivity contribution in [3.63, 3.8) is 0 Å². The molecule has 9 heavy (non-hydrogen) atoms. The van der Waals surface area contributed by atoms with E-state index in [0.717, 1.165) is 0 Å². The Bertz CT molecular complexity index is 138. The van der Waals surface area contributed by atoms with Crippen LogP contribution >= 0.6 is 0 Å². The van der Waals surface area contributed by atoms with Crippen molar-refractivity contribution in [2.24, 2.45) is 5.73 Å². The molecular weight excluding hydrogens is 136 g/mol. The molecule has 0 rings (SSSR count). The van der Waals surface area contributed by atoms with Gasteiger partial charge in [-0.25, -0.2) is 0 Å². The van der Waals surface area contributed by atoms with Crippen LogP contribution in [0, 0.1) is 11.3 Å². The first kappa shape index (κ1) is 8.60. The SMILES string of the molecule is CC(N)CS(=O)CC#N. The molecule has 0 saturated heterocycles. The third-order valence-corrected chi connectivity index (χ3v) is 2.02. The molecule has 0 heterocycles. The van der Waals surface area contributed by atoms with Gasteiger partial charge in [0.1, 0.15) is 5.75 Å². The summed E-state index contributed by atoms with van der Waals surface area (Å²) < 4.78 is 10.7. The van der Waals surface area contributed by atoms with E-state index in [1.807, 2.05) is 6.07 Å². The lowest BCUT2D eigenvalue weighted by Gasteiger charge is -1.99. The molecule has 0 bridgehead atoms. The Morgan fingerprint density at radius 2 is 2.44 bits per heavy atom. The number of rotatable bonds is 3. The third kappa shape index (κ3) is 5.47. The lowest BCUT2D eigenvalue weighted by Crippen LogP contribution is -2.23. The Morgan fingerprint density at radius 3 is 2.78 bits per heavy atom. The van der Waals surface area contributed by atoms with Crippen molar-refractivity contribution in [3.8, 4) is 6.07 Å². The summed E-state index contributed by atoms with van der Waals surface area (Å²) in [5.74, 6) is 0.523. The van der Waals surface area contributed by atoms with Gasteiger partial charge in [-0.05, 0) is 6.92 Å². The van der Waals surface area contributed by atoms with Gasteiger partial charge in [-0.1, -0.05) is 0 Å². The van der Waals surface area contributed by atoms with E-state index < -0.39 is 10.8 Å². The van der Waals surface area contributed by atoms with Crippen LogP contribution in [-0.2, 0) is 10.8 Å². The molecule has 3 nitrogen and oxygen atoms in total. The van der Waals surface area contributed by atoms with E-state index in [9.17, 15) is 4.21 Å². The van der Waals surface area contributed by atoms with Crippen molar-refractivity contribution in [1.82, 2.24) is 0 Å². The Kier molecular flexibility index (Phi) is 4.28. The van der Waals surface area contributed by atoms with Gasteiger partial charge in [0.15, 0.2) is 0 Å². The molecule has 2 unspecified atom stereocenters. The molecule has 0 radical (unpaired) electrons. The maximum Gasteiger partial charge on any atom is 0.111 e. The molecule has 0 aromatic carbocycles. The lowest BCUT2D eigenvalue weighted by atomic mass is 10.4. The highest BCUT2D eigenvalue weighted by Gasteiger charge is 2.00. The van der Waals surface area contributed by atoms with E-state index in [0.29, 0.717) is 5.75 Å². The van der Waals surface area contributed by atoms with E-state index in [2.05, 4.69) is 0 Å². The van der Waals surface area contributed by atoms with Gasteiger partial charge in [0, 0.05) is 22.6 Å². The van der Waals surface area contributed by atoms with E-state index in [4.69, 9.17) is 11.0 Å². The second kappa shape index (κ2) is 4.48. The predicted octanol–water partition coefficient (Wildman–Crippen LogP) is -0.394. The highest BCUT2D eigenvalue weighted by atomic mass is 32.2. The van der Waals surface area contributed by atoms with Crippen molar-refractivity contribution in [2.45, 2.75) is 13.0 Å². The molecule has 52 valence electrons. The van der Waals surface area contributed by atoms with Gasteiger partial charge in [-0.15, -0.1) is 0 Å². The number of nitrogens with two attached hydrogens (primary N) is 1. The van der Waals surface area contributed by atoms with E-state index >= 15 is 0 Å². The normalized spacial score (nSPS) is 16.1. The van der Waals surface area contributed by atoms with Crippen molar-refractivity contribution in [2.75, 3.05) is 11.5 Å². The minimum atomic E-state index is -1.04. The zero-order valence-corrected chi connectivity index (χ0v) is 6.15. The van der Waals surface area contributed by atoms with Crippen LogP contribution in [0.25, 0.3) is 0 Å². The fourth-order valence-corrected chi connectivity index (χ4v) is 1.27. The van der Waals surface area contributed by atoms with Gasteiger partial charge < -0.3 is 5.73 Å². The van der Waals surface area contributed by atoms with Gasteiger partial charge >= 0.3 is 0 Å². The molecule has 0 spiro atoms. The van der Waals surface area contributed by atoms with E-state index in [-0.39, 0.29) is 11.8 Å². The topological polar surface area (TPSA) is 66.9 Å². The first-order chi connectivity index (χ1) is 4.16. The predicted molar refractivity (Wildman–Crippen MR) is 37.1 cm³/mol. The maximum atomic E-state index is 10.7. The van der Waals surface area contributed by atoms with Crippen LogP contribution in [0.2, 0.25) is 0 Å². The molecule has 0 aliphatic rings. The quantitative estimate of drug-likeness (QED) is 0.589. The van der Waals surface area contributed by atoms with Crippen LogP contribution in [0.1, 0.15) is 6.92 Å². The standard InChI is InChI=1S/C5H10N2OS/c1-5(7)4-9(8)3-2-6/h5H,3-4,7H2,1H3. The fraction of sp³-hybridized carbons (Fsp3) is 0.800. The molecule has 0 aromatic rings. The monoisotopic (exact) mass is 146 g/mol. The Hall–Kier alpha value is -0.400. The molecule has 2 N–H and O–H groups in total. The van der Waals surface area contributed by atoms with Gasteiger partial charge in [-0.2, -0.15) is 5.26 Å².